The summed E-state index contributed by atoms with van der Waals surface area (Å²) in [7, 11) is 0. The lowest BCUT2D eigenvalue weighted by Gasteiger charge is -2.26. The number of rotatable bonds is 10. The van der Waals surface area contributed by atoms with Crippen LogP contribution in [0.1, 0.15) is 42.1 Å². The van der Waals surface area contributed by atoms with Gasteiger partial charge in [0.15, 0.2) is 4.80 Å². The van der Waals surface area contributed by atoms with Crippen molar-refractivity contribution in [2.45, 2.75) is 26.5 Å². The molecule has 2 heterocycles. The summed E-state index contributed by atoms with van der Waals surface area (Å²) in [5.74, 6) is 0.782. The van der Waals surface area contributed by atoms with Gasteiger partial charge in [0.1, 0.15) is 18.1 Å². The van der Waals surface area contributed by atoms with Crippen molar-refractivity contribution in [1.82, 2.24) is 4.57 Å². The van der Waals surface area contributed by atoms with Crippen molar-refractivity contribution in [3.05, 3.63) is 156 Å². The van der Waals surface area contributed by atoms with E-state index < -0.39 is 12.0 Å². The highest BCUT2D eigenvalue weighted by Crippen LogP contribution is 2.35. The van der Waals surface area contributed by atoms with Crippen molar-refractivity contribution in [3.63, 3.8) is 0 Å². The number of thiazole rings is 1. The van der Waals surface area contributed by atoms with E-state index in [1.165, 1.54) is 11.3 Å². The molecule has 1 aliphatic heterocycles. The lowest BCUT2D eigenvalue weighted by molar-refractivity contribution is -0.138. The fourth-order valence-electron chi connectivity index (χ4n) is 5.33. The summed E-state index contributed by atoms with van der Waals surface area (Å²) in [4.78, 5) is 33.4. The van der Waals surface area contributed by atoms with Crippen LogP contribution in [-0.2, 0) is 16.1 Å². The van der Waals surface area contributed by atoms with Gasteiger partial charge in [-0.3, -0.25) is 9.36 Å². The fraction of sp³-hybridized carbons (Fsp3) is 0.162. The first-order valence-electron chi connectivity index (χ1n) is 14.9. The van der Waals surface area contributed by atoms with E-state index in [0.29, 0.717) is 50.3 Å². The Hall–Kier alpha value is -4.92. The number of para-hydroxylation sites is 1. The maximum absolute atomic E-state index is 14.3. The molecule has 1 aromatic heterocycles. The number of ether oxygens (including phenoxy) is 3. The lowest BCUT2D eigenvalue weighted by atomic mass is 9.93. The Balaban J connectivity index is 1.51. The predicted molar refractivity (Wildman–Crippen MR) is 181 cm³/mol. The van der Waals surface area contributed by atoms with Crippen molar-refractivity contribution in [3.8, 4) is 11.5 Å². The molecule has 5 aromatic rings. The molecule has 0 spiro atoms. The summed E-state index contributed by atoms with van der Waals surface area (Å²) in [6.45, 7) is 4.68. The van der Waals surface area contributed by atoms with Crippen LogP contribution in [0.15, 0.2) is 118 Å². The third-order valence-electron chi connectivity index (χ3n) is 7.37. The maximum atomic E-state index is 14.3. The molecule has 0 bridgehead atoms. The number of aromatic nitrogens is 1. The van der Waals surface area contributed by atoms with E-state index in [4.69, 9.17) is 30.8 Å². The Bertz CT molecular complexity index is 2080. The number of esters is 1. The molecule has 232 valence electrons. The number of nitrogens with zero attached hydrogens (tertiary/aromatic N) is 2. The van der Waals surface area contributed by atoms with Crippen LogP contribution in [0.4, 0.5) is 0 Å². The van der Waals surface area contributed by atoms with E-state index in [1.807, 2.05) is 116 Å². The fourth-order valence-corrected chi connectivity index (χ4v) is 6.53. The van der Waals surface area contributed by atoms with Gasteiger partial charge in [-0.1, -0.05) is 95.7 Å². The van der Waals surface area contributed by atoms with Crippen LogP contribution in [0.2, 0.25) is 5.02 Å². The average molecular weight is 651 g/mol. The molecule has 1 atom stereocenters. The minimum atomic E-state index is -0.780. The number of benzene rings is 4. The van der Waals surface area contributed by atoms with Gasteiger partial charge in [-0.05, 0) is 61.4 Å². The smallest absolute Gasteiger partial charge is 0.338 e. The summed E-state index contributed by atoms with van der Waals surface area (Å²) in [6.07, 6.45) is 1.81. The Morgan fingerprint density at radius 2 is 1.67 bits per heavy atom. The first kappa shape index (κ1) is 31.1. The quantitative estimate of drug-likeness (QED) is 0.160. The Morgan fingerprint density at radius 3 is 2.41 bits per heavy atom. The van der Waals surface area contributed by atoms with Crippen molar-refractivity contribution in [2.75, 3.05) is 13.2 Å². The van der Waals surface area contributed by atoms with Gasteiger partial charge in [-0.15, -0.1) is 0 Å². The number of hydrogen-bond donors (Lipinski definition) is 0. The normalized spacial score (nSPS) is 14.4. The van der Waals surface area contributed by atoms with Gasteiger partial charge in [-0.2, -0.15) is 0 Å². The number of fused-ring (bicyclic) bond motifs is 1. The summed E-state index contributed by atoms with van der Waals surface area (Å²) >= 11 is 7.42. The molecule has 1 aliphatic rings. The van der Waals surface area contributed by atoms with Gasteiger partial charge in [0.2, 0.25) is 0 Å². The van der Waals surface area contributed by atoms with Gasteiger partial charge < -0.3 is 14.2 Å². The lowest BCUT2D eigenvalue weighted by Crippen LogP contribution is -2.40. The summed E-state index contributed by atoms with van der Waals surface area (Å²) in [5, 5.41) is 0.634. The van der Waals surface area contributed by atoms with Crippen LogP contribution >= 0.6 is 22.9 Å². The van der Waals surface area contributed by atoms with Crippen molar-refractivity contribution >= 4 is 40.7 Å². The van der Waals surface area contributed by atoms with Crippen LogP contribution in [0.3, 0.4) is 0 Å². The van der Waals surface area contributed by atoms with E-state index in [2.05, 4.69) is 0 Å². The van der Waals surface area contributed by atoms with Crippen LogP contribution in [0.25, 0.3) is 11.8 Å². The second kappa shape index (κ2) is 14.0. The van der Waals surface area contributed by atoms with Gasteiger partial charge >= 0.3 is 5.97 Å². The zero-order valence-electron chi connectivity index (χ0n) is 25.3. The maximum Gasteiger partial charge on any atom is 0.338 e. The summed E-state index contributed by atoms with van der Waals surface area (Å²) in [6, 6.07) is 31.2. The molecule has 9 heteroatoms. The highest BCUT2D eigenvalue weighted by atomic mass is 35.5. The molecule has 0 unspecified atom stereocenters. The Morgan fingerprint density at radius 1 is 0.913 bits per heavy atom. The molecule has 0 fully saturated rings. The van der Waals surface area contributed by atoms with E-state index in [0.717, 1.165) is 22.3 Å². The molecular weight excluding hydrogens is 620 g/mol. The van der Waals surface area contributed by atoms with E-state index >= 15 is 0 Å². The van der Waals surface area contributed by atoms with Crippen molar-refractivity contribution in [1.29, 1.82) is 0 Å². The second-order valence-electron chi connectivity index (χ2n) is 10.4. The molecule has 0 saturated heterocycles. The van der Waals surface area contributed by atoms with Crippen LogP contribution < -0.4 is 24.4 Å². The zero-order chi connectivity index (χ0) is 32.0. The molecule has 0 radical (unpaired) electrons. The molecule has 0 aliphatic carbocycles. The summed E-state index contributed by atoms with van der Waals surface area (Å²) < 4.78 is 19.4. The Kier molecular flexibility index (Phi) is 9.47. The molecule has 0 saturated carbocycles. The third-order valence-corrected chi connectivity index (χ3v) is 8.59. The van der Waals surface area contributed by atoms with Crippen LogP contribution in [0.5, 0.6) is 11.5 Å². The second-order valence-corrected chi connectivity index (χ2v) is 11.8. The van der Waals surface area contributed by atoms with Gasteiger partial charge in [0.05, 0.1) is 35.1 Å². The molecule has 46 heavy (non-hydrogen) atoms. The molecule has 7 nitrogen and oxygen atoms in total. The van der Waals surface area contributed by atoms with E-state index in [1.54, 1.807) is 11.5 Å². The molecule has 4 aromatic carbocycles. The van der Waals surface area contributed by atoms with Crippen LogP contribution in [0, 0.1) is 0 Å². The van der Waals surface area contributed by atoms with Gasteiger partial charge in [-0.25, -0.2) is 9.79 Å². The molecule has 6 rings (SSSR count). The zero-order valence-corrected chi connectivity index (χ0v) is 26.9. The molecular formula is C37H31ClN2O5S. The Labute approximate surface area is 275 Å². The highest BCUT2D eigenvalue weighted by Gasteiger charge is 2.35. The first-order chi connectivity index (χ1) is 22.5. The average Bonchev–Trinajstić information content (AvgIpc) is 3.38. The summed E-state index contributed by atoms with van der Waals surface area (Å²) in [5.41, 5.74) is 3.63. The topological polar surface area (TPSA) is 79.1 Å². The van der Waals surface area contributed by atoms with Gasteiger partial charge in [0.25, 0.3) is 5.56 Å². The first-order valence-corrected chi connectivity index (χ1v) is 16.1. The van der Waals surface area contributed by atoms with Crippen molar-refractivity contribution < 1.29 is 19.0 Å². The van der Waals surface area contributed by atoms with Crippen molar-refractivity contribution in [2.24, 2.45) is 4.99 Å². The van der Waals surface area contributed by atoms with Crippen LogP contribution in [-0.4, -0.2) is 23.8 Å². The number of halogens is 1. The largest absolute Gasteiger partial charge is 0.494 e. The number of carbonyl (C=O) groups excluding carboxylic acids is 1. The van der Waals surface area contributed by atoms with E-state index in [9.17, 15) is 9.59 Å². The SMILES string of the molecule is CCOC(=O)C1=C(c2ccccc2)N=c2s/c(=C\c3ccccc3OCc3cccc(Cl)c3)c(=O)n2[C@@H]1c1ccc(OCC)cc1. The minimum absolute atomic E-state index is 0.177. The highest BCUT2D eigenvalue weighted by molar-refractivity contribution is 7.07. The number of hydrogen-bond acceptors (Lipinski definition) is 7. The standard InChI is InChI=1S/C37H31ClN2O5S/c1-3-43-29-19-17-26(18-20-29)34-32(36(42)44-4-2)33(25-12-6-5-7-13-25)39-37-40(34)35(41)31(46-37)22-27-14-8-9-16-30(27)45-23-24-11-10-15-28(38)21-24/h5-22,34H,3-4,23H2,1-2H3/b31-22-/t34-/m1/s1. The van der Waals surface area contributed by atoms with Gasteiger partial charge in [0, 0.05) is 16.1 Å². The van der Waals surface area contributed by atoms with E-state index in [-0.39, 0.29) is 12.2 Å². The monoisotopic (exact) mass is 650 g/mol. The number of carbonyl (C=O) groups is 1. The molecule has 0 amide bonds. The third kappa shape index (κ3) is 6.54. The molecule has 0 N–H and O–H groups in total. The minimum Gasteiger partial charge on any atom is -0.494 e. The predicted octanol–water partition coefficient (Wildman–Crippen LogP) is 6.57.